The summed E-state index contributed by atoms with van der Waals surface area (Å²) in [7, 11) is 1.93. The molecule has 3 N–H and O–H groups in total. The van der Waals surface area contributed by atoms with Crippen LogP contribution in [-0.4, -0.2) is 39.1 Å². The van der Waals surface area contributed by atoms with E-state index < -0.39 is 12.1 Å². The predicted molar refractivity (Wildman–Crippen MR) is 117 cm³/mol. The standard InChI is InChI=1S/C21H22N6O2S/c1-3-20-23-19(13-30-20)24-21(29)22-17(12-28)14-6-8-15(9-7-14)27-10-4-5-16-18(27)11-26(2)25-16/h1,6-9,11,13,17,28H,4-5,10,12H2,2H3,(H2,22,24,29). The Morgan fingerprint density at radius 2 is 2.20 bits per heavy atom. The van der Waals surface area contributed by atoms with Crippen molar-refractivity contribution in [3.05, 3.63) is 52.1 Å². The van der Waals surface area contributed by atoms with Crippen molar-refractivity contribution < 1.29 is 9.90 Å². The van der Waals surface area contributed by atoms with Gasteiger partial charge in [-0.25, -0.2) is 9.78 Å². The minimum absolute atomic E-state index is 0.226. The SMILES string of the molecule is C#Cc1nc(NC(=O)NC(CO)c2ccc(N3CCCc4nn(C)cc43)cc2)cs1. The lowest BCUT2D eigenvalue weighted by Crippen LogP contribution is -2.34. The number of aliphatic hydroxyl groups is 1. The van der Waals surface area contributed by atoms with Gasteiger partial charge in [-0.2, -0.15) is 5.10 Å². The summed E-state index contributed by atoms with van der Waals surface area (Å²) in [6.45, 7) is 0.700. The van der Waals surface area contributed by atoms with Crippen molar-refractivity contribution in [2.75, 3.05) is 23.4 Å². The second-order valence-corrected chi connectivity index (χ2v) is 7.86. The third-order valence-electron chi connectivity index (χ3n) is 4.93. The Morgan fingerprint density at radius 3 is 2.90 bits per heavy atom. The summed E-state index contributed by atoms with van der Waals surface area (Å²) in [6.07, 6.45) is 9.36. The van der Waals surface area contributed by atoms with E-state index in [0.29, 0.717) is 10.8 Å². The highest BCUT2D eigenvalue weighted by Crippen LogP contribution is 2.33. The molecule has 2 aromatic heterocycles. The molecule has 0 aliphatic carbocycles. The fourth-order valence-electron chi connectivity index (χ4n) is 3.55. The number of carbonyl (C=O) groups excluding carboxylic acids is 1. The Balaban J connectivity index is 1.44. The number of hydrogen-bond donors (Lipinski definition) is 3. The van der Waals surface area contributed by atoms with Crippen LogP contribution in [-0.2, 0) is 13.5 Å². The Kier molecular flexibility index (Phi) is 5.70. The number of amides is 2. The van der Waals surface area contributed by atoms with Crippen molar-refractivity contribution in [2.45, 2.75) is 18.9 Å². The summed E-state index contributed by atoms with van der Waals surface area (Å²) in [6, 6.07) is 6.84. The van der Waals surface area contributed by atoms with Crippen molar-refractivity contribution in [3.8, 4) is 12.3 Å². The van der Waals surface area contributed by atoms with Crippen molar-refractivity contribution in [1.82, 2.24) is 20.1 Å². The Bertz CT molecular complexity index is 1080. The molecule has 30 heavy (non-hydrogen) atoms. The molecule has 1 atom stereocenters. The van der Waals surface area contributed by atoms with Gasteiger partial charge in [-0.15, -0.1) is 17.8 Å². The Hall–Kier alpha value is -3.35. The number of thiazole rings is 1. The zero-order valence-electron chi connectivity index (χ0n) is 16.5. The first-order chi connectivity index (χ1) is 14.6. The molecule has 1 unspecified atom stereocenters. The van der Waals surface area contributed by atoms with Crippen molar-refractivity contribution in [3.63, 3.8) is 0 Å². The quantitative estimate of drug-likeness (QED) is 0.550. The smallest absolute Gasteiger partial charge is 0.320 e. The number of hydrogen-bond acceptors (Lipinski definition) is 6. The number of anilines is 3. The average Bonchev–Trinajstić information content (AvgIpc) is 3.37. The highest BCUT2D eigenvalue weighted by atomic mass is 32.1. The van der Waals surface area contributed by atoms with Crippen molar-refractivity contribution >= 4 is 34.6 Å². The third kappa shape index (κ3) is 4.15. The van der Waals surface area contributed by atoms with E-state index in [0.717, 1.165) is 42.0 Å². The van der Waals surface area contributed by atoms with Crippen molar-refractivity contribution in [1.29, 1.82) is 0 Å². The number of aliphatic hydroxyl groups excluding tert-OH is 1. The van der Waals surface area contributed by atoms with Crippen LogP contribution in [0.15, 0.2) is 35.8 Å². The van der Waals surface area contributed by atoms with Crippen molar-refractivity contribution in [2.24, 2.45) is 7.05 Å². The van der Waals surface area contributed by atoms with Gasteiger partial charge in [0.2, 0.25) is 0 Å². The van der Waals surface area contributed by atoms with E-state index in [9.17, 15) is 9.90 Å². The largest absolute Gasteiger partial charge is 0.394 e. The summed E-state index contributed by atoms with van der Waals surface area (Å²) in [4.78, 5) is 18.6. The molecule has 3 aromatic rings. The van der Waals surface area contributed by atoms with Gasteiger partial charge in [-0.05, 0) is 36.5 Å². The molecule has 0 saturated heterocycles. The van der Waals surface area contributed by atoms with Gasteiger partial charge in [0.05, 0.1) is 24.0 Å². The molecule has 0 bridgehead atoms. The fourth-order valence-corrected chi connectivity index (χ4v) is 4.10. The van der Waals surface area contributed by atoms with Crippen LogP contribution in [0, 0.1) is 12.3 Å². The van der Waals surface area contributed by atoms with E-state index in [1.54, 1.807) is 5.38 Å². The molecule has 3 heterocycles. The minimum Gasteiger partial charge on any atom is -0.394 e. The summed E-state index contributed by atoms with van der Waals surface area (Å²) in [5.74, 6) is 2.81. The van der Waals surface area contributed by atoms with E-state index >= 15 is 0 Å². The van der Waals surface area contributed by atoms with Crippen LogP contribution in [0.3, 0.4) is 0 Å². The number of rotatable bonds is 5. The van der Waals surface area contributed by atoms with Gasteiger partial charge >= 0.3 is 6.03 Å². The van der Waals surface area contributed by atoms with Crippen LogP contribution in [0.4, 0.5) is 22.0 Å². The van der Waals surface area contributed by atoms with E-state index in [-0.39, 0.29) is 6.61 Å². The molecular formula is C21H22N6O2S. The van der Waals surface area contributed by atoms with Gasteiger partial charge in [0, 0.05) is 30.9 Å². The van der Waals surface area contributed by atoms with Gasteiger partial charge in [-0.3, -0.25) is 10.00 Å². The number of aromatic nitrogens is 3. The summed E-state index contributed by atoms with van der Waals surface area (Å²) >= 11 is 1.27. The zero-order chi connectivity index (χ0) is 21.1. The first-order valence-electron chi connectivity index (χ1n) is 9.58. The van der Waals surface area contributed by atoms with E-state index in [2.05, 4.69) is 31.5 Å². The molecule has 2 amide bonds. The first kappa shape index (κ1) is 19.9. The van der Waals surface area contributed by atoms with Crippen LogP contribution in [0.1, 0.15) is 28.7 Å². The van der Waals surface area contributed by atoms with Crippen LogP contribution >= 0.6 is 11.3 Å². The van der Waals surface area contributed by atoms with Crippen LogP contribution in [0.5, 0.6) is 0 Å². The van der Waals surface area contributed by atoms with Crippen LogP contribution < -0.4 is 15.5 Å². The molecule has 9 heteroatoms. The van der Waals surface area contributed by atoms with Gasteiger partial charge in [-0.1, -0.05) is 12.1 Å². The maximum absolute atomic E-state index is 12.3. The van der Waals surface area contributed by atoms with Gasteiger partial charge in [0.15, 0.2) is 5.01 Å². The molecule has 0 fully saturated rings. The number of urea groups is 1. The number of benzene rings is 1. The normalized spacial score (nSPS) is 14.0. The molecule has 8 nitrogen and oxygen atoms in total. The molecule has 0 radical (unpaired) electrons. The van der Waals surface area contributed by atoms with E-state index in [1.165, 1.54) is 11.3 Å². The second-order valence-electron chi connectivity index (χ2n) is 7.00. The molecule has 1 aromatic carbocycles. The number of nitrogens with one attached hydrogen (secondary N) is 2. The Labute approximate surface area is 178 Å². The highest BCUT2D eigenvalue weighted by molar-refractivity contribution is 7.10. The lowest BCUT2D eigenvalue weighted by molar-refractivity contribution is 0.225. The zero-order valence-corrected chi connectivity index (χ0v) is 17.3. The fraction of sp³-hybridized carbons (Fsp3) is 0.286. The van der Waals surface area contributed by atoms with E-state index in [1.807, 2.05) is 42.2 Å². The highest BCUT2D eigenvalue weighted by Gasteiger charge is 2.22. The molecule has 1 aliphatic rings. The maximum Gasteiger partial charge on any atom is 0.320 e. The number of fused-ring (bicyclic) bond motifs is 1. The molecule has 4 rings (SSSR count). The predicted octanol–water partition coefficient (Wildman–Crippen LogP) is 2.80. The number of aryl methyl sites for hydroxylation is 2. The molecule has 1 aliphatic heterocycles. The monoisotopic (exact) mass is 422 g/mol. The number of nitrogens with zero attached hydrogens (tertiary/aromatic N) is 4. The first-order valence-corrected chi connectivity index (χ1v) is 10.5. The van der Waals surface area contributed by atoms with Gasteiger partial charge < -0.3 is 15.3 Å². The van der Waals surface area contributed by atoms with E-state index in [4.69, 9.17) is 6.42 Å². The lowest BCUT2D eigenvalue weighted by Gasteiger charge is -2.28. The van der Waals surface area contributed by atoms with Gasteiger partial charge in [0.1, 0.15) is 5.82 Å². The second kappa shape index (κ2) is 8.57. The molecule has 154 valence electrons. The van der Waals surface area contributed by atoms with Crippen LogP contribution in [0.25, 0.3) is 0 Å². The molecular weight excluding hydrogens is 400 g/mol. The summed E-state index contributed by atoms with van der Waals surface area (Å²) in [5.41, 5.74) is 4.09. The maximum atomic E-state index is 12.3. The minimum atomic E-state index is -0.542. The summed E-state index contributed by atoms with van der Waals surface area (Å²) < 4.78 is 1.84. The average molecular weight is 423 g/mol. The van der Waals surface area contributed by atoms with Crippen LogP contribution in [0.2, 0.25) is 0 Å². The molecule has 0 saturated carbocycles. The Morgan fingerprint density at radius 1 is 1.40 bits per heavy atom. The third-order valence-corrected chi connectivity index (χ3v) is 5.71. The molecule has 0 spiro atoms. The number of terminal acetylenes is 1. The number of carbonyl (C=O) groups is 1. The van der Waals surface area contributed by atoms with Gasteiger partial charge in [0.25, 0.3) is 0 Å². The summed E-state index contributed by atoms with van der Waals surface area (Å²) in [5, 5.41) is 21.9. The lowest BCUT2D eigenvalue weighted by atomic mass is 10.0. The topological polar surface area (TPSA) is 95.3 Å².